The van der Waals surface area contributed by atoms with E-state index in [9.17, 15) is 4.79 Å². The van der Waals surface area contributed by atoms with E-state index in [1.165, 1.54) is 0 Å². The summed E-state index contributed by atoms with van der Waals surface area (Å²) in [7, 11) is 0. The van der Waals surface area contributed by atoms with Crippen LogP contribution in [-0.4, -0.2) is 23.7 Å². The summed E-state index contributed by atoms with van der Waals surface area (Å²) in [6.07, 6.45) is 3.97. The van der Waals surface area contributed by atoms with E-state index in [4.69, 9.17) is 4.74 Å². The number of rotatable bonds is 2. The van der Waals surface area contributed by atoms with Gasteiger partial charge in [-0.25, -0.2) is 4.79 Å². The molecule has 1 aliphatic rings. The number of carbonyl (C=O) groups is 1. The molecule has 1 aromatic rings. The highest BCUT2D eigenvalue weighted by molar-refractivity contribution is 5.69. The lowest BCUT2D eigenvalue weighted by molar-refractivity contribution is 0.177. The zero-order valence-corrected chi connectivity index (χ0v) is 7.06. The average Bonchev–Trinajstić information content (AvgIpc) is 2.53. The first-order valence-corrected chi connectivity index (χ1v) is 4.17. The summed E-state index contributed by atoms with van der Waals surface area (Å²) >= 11 is 0. The Morgan fingerprint density at radius 2 is 2.31 bits per heavy atom. The van der Waals surface area contributed by atoms with Crippen LogP contribution in [0.15, 0.2) is 24.5 Å². The van der Waals surface area contributed by atoms with E-state index in [0.29, 0.717) is 6.61 Å². The fourth-order valence-electron chi connectivity index (χ4n) is 1.34. The maximum Gasteiger partial charge on any atom is 0.407 e. The first-order valence-electron chi connectivity index (χ1n) is 4.17. The summed E-state index contributed by atoms with van der Waals surface area (Å²) in [4.78, 5) is 14.6. The minimum absolute atomic E-state index is 0.106. The lowest BCUT2D eigenvalue weighted by atomic mass is 10.1. The predicted molar refractivity (Wildman–Crippen MR) is 46.2 cm³/mol. The molecule has 0 radical (unpaired) electrons. The van der Waals surface area contributed by atoms with Gasteiger partial charge in [-0.05, 0) is 24.1 Å². The molecule has 68 valence electrons. The fraction of sp³-hybridized carbons (Fsp3) is 0.333. The predicted octanol–water partition coefficient (Wildman–Crippen LogP) is 0.732. The summed E-state index contributed by atoms with van der Waals surface area (Å²) < 4.78 is 4.77. The molecule has 2 rings (SSSR count). The van der Waals surface area contributed by atoms with Crippen molar-refractivity contribution in [2.45, 2.75) is 12.5 Å². The van der Waals surface area contributed by atoms with Gasteiger partial charge in [-0.2, -0.15) is 0 Å². The number of nitrogens with zero attached hydrogens (tertiary/aromatic N) is 1. The molecule has 1 unspecified atom stereocenters. The highest BCUT2D eigenvalue weighted by Crippen LogP contribution is 2.06. The fourth-order valence-corrected chi connectivity index (χ4v) is 1.34. The molecule has 0 aromatic carbocycles. The number of pyridine rings is 1. The molecular formula is C9H10N2O2. The molecule has 1 aromatic heterocycles. The Kier molecular flexibility index (Phi) is 2.12. The number of ether oxygens (including phenoxy) is 1. The minimum atomic E-state index is -0.320. The van der Waals surface area contributed by atoms with Gasteiger partial charge in [-0.3, -0.25) is 4.98 Å². The van der Waals surface area contributed by atoms with Crippen molar-refractivity contribution in [3.8, 4) is 0 Å². The minimum Gasteiger partial charge on any atom is -0.447 e. The van der Waals surface area contributed by atoms with Crippen LogP contribution in [-0.2, 0) is 11.2 Å². The second kappa shape index (κ2) is 3.43. The first kappa shape index (κ1) is 8.04. The van der Waals surface area contributed by atoms with Gasteiger partial charge in [0.1, 0.15) is 6.61 Å². The molecule has 2 heterocycles. The molecule has 0 saturated carbocycles. The van der Waals surface area contributed by atoms with Crippen LogP contribution < -0.4 is 5.32 Å². The third-order valence-corrected chi connectivity index (χ3v) is 1.97. The summed E-state index contributed by atoms with van der Waals surface area (Å²) in [6.45, 7) is 0.459. The number of carbonyl (C=O) groups excluding carboxylic acids is 1. The Morgan fingerprint density at radius 1 is 1.54 bits per heavy atom. The second-order valence-corrected chi connectivity index (χ2v) is 3.00. The van der Waals surface area contributed by atoms with Crippen LogP contribution in [0.4, 0.5) is 4.79 Å². The van der Waals surface area contributed by atoms with E-state index < -0.39 is 0 Å². The molecule has 1 N–H and O–H groups in total. The molecule has 0 aliphatic carbocycles. The van der Waals surface area contributed by atoms with Gasteiger partial charge in [-0.15, -0.1) is 0 Å². The first-order chi connectivity index (χ1) is 6.34. The van der Waals surface area contributed by atoms with Gasteiger partial charge in [0.15, 0.2) is 0 Å². The Labute approximate surface area is 75.9 Å². The molecule has 4 heteroatoms. The van der Waals surface area contributed by atoms with Crippen LogP contribution in [0.25, 0.3) is 0 Å². The standard InChI is InChI=1S/C9H10N2O2/c12-9-11-8(6-13-9)5-7-1-3-10-4-2-7/h1-4,8H,5-6H2,(H,11,12). The van der Waals surface area contributed by atoms with Gasteiger partial charge >= 0.3 is 6.09 Å². The number of nitrogens with one attached hydrogen (secondary N) is 1. The second-order valence-electron chi connectivity index (χ2n) is 3.00. The quantitative estimate of drug-likeness (QED) is 0.726. The van der Waals surface area contributed by atoms with Gasteiger partial charge < -0.3 is 10.1 Å². The molecule has 1 amide bonds. The maximum absolute atomic E-state index is 10.7. The largest absolute Gasteiger partial charge is 0.447 e. The maximum atomic E-state index is 10.7. The van der Waals surface area contributed by atoms with Crippen molar-refractivity contribution in [1.29, 1.82) is 0 Å². The van der Waals surface area contributed by atoms with Crippen molar-refractivity contribution in [3.05, 3.63) is 30.1 Å². The number of alkyl carbamates (subject to hydrolysis) is 1. The number of hydrogen-bond donors (Lipinski definition) is 1. The van der Waals surface area contributed by atoms with Crippen molar-refractivity contribution in [2.24, 2.45) is 0 Å². The van der Waals surface area contributed by atoms with Crippen LogP contribution >= 0.6 is 0 Å². The van der Waals surface area contributed by atoms with E-state index >= 15 is 0 Å². The van der Waals surface area contributed by atoms with Gasteiger partial charge in [0.2, 0.25) is 0 Å². The van der Waals surface area contributed by atoms with Crippen LogP contribution in [0.3, 0.4) is 0 Å². The average molecular weight is 178 g/mol. The van der Waals surface area contributed by atoms with Crippen LogP contribution in [0.5, 0.6) is 0 Å². The molecule has 1 fully saturated rings. The molecule has 13 heavy (non-hydrogen) atoms. The van der Waals surface area contributed by atoms with Gasteiger partial charge in [0.25, 0.3) is 0 Å². The molecule has 0 spiro atoms. The van der Waals surface area contributed by atoms with E-state index in [-0.39, 0.29) is 12.1 Å². The summed E-state index contributed by atoms with van der Waals surface area (Å²) in [5.41, 5.74) is 1.16. The third kappa shape index (κ3) is 1.96. The van der Waals surface area contributed by atoms with Crippen LogP contribution in [0, 0.1) is 0 Å². The van der Waals surface area contributed by atoms with Crippen molar-refractivity contribution in [1.82, 2.24) is 10.3 Å². The van der Waals surface area contributed by atoms with Crippen molar-refractivity contribution >= 4 is 6.09 Å². The molecule has 1 saturated heterocycles. The number of cyclic esters (lactones) is 1. The Hall–Kier alpha value is -1.58. The molecule has 4 nitrogen and oxygen atoms in total. The number of amides is 1. The van der Waals surface area contributed by atoms with Crippen LogP contribution in [0.2, 0.25) is 0 Å². The SMILES string of the molecule is O=C1NC(Cc2ccncc2)CO1. The zero-order chi connectivity index (χ0) is 9.10. The molecule has 1 atom stereocenters. The van der Waals surface area contributed by atoms with Gasteiger partial charge in [0, 0.05) is 12.4 Å². The van der Waals surface area contributed by atoms with E-state index in [2.05, 4.69) is 10.3 Å². The Morgan fingerprint density at radius 3 is 2.92 bits per heavy atom. The molecular weight excluding hydrogens is 168 g/mol. The number of aromatic nitrogens is 1. The monoisotopic (exact) mass is 178 g/mol. The smallest absolute Gasteiger partial charge is 0.407 e. The summed E-state index contributed by atoms with van der Waals surface area (Å²) in [6, 6.07) is 3.98. The third-order valence-electron chi connectivity index (χ3n) is 1.97. The highest BCUT2D eigenvalue weighted by Gasteiger charge is 2.21. The molecule has 1 aliphatic heterocycles. The summed E-state index contributed by atoms with van der Waals surface area (Å²) in [5, 5.41) is 2.72. The Bertz CT molecular complexity index is 300. The van der Waals surface area contributed by atoms with E-state index in [0.717, 1.165) is 12.0 Å². The van der Waals surface area contributed by atoms with Crippen molar-refractivity contribution < 1.29 is 9.53 Å². The summed E-state index contributed by atoms with van der Waals surface area (Å²) in [5.74, 6) is 0. The van der Waals surface area contributed by atoms with Crippen molar-refractivity contribution in [3.63, 3.8) is 0 Å². The van der Waals surface area contributed by atoms with E-state index in [1.807, 2.05) is 12.1 Å². The van der Waals surface area contributed by atoms with Gasteiger partial charge in [-0.1, -0.05) is 0 Å². The normalized spacial score (nSPS) is 20.9. The van der Waals surface area contributed by atoms with Crippen molar-refractivity contribution in [2.75, 3.05) is 6.61 Å². The Balaban J connectivity index is 1.96. The highest BCUT2D eigenvalue weighted by atomic mass is 16.6. The van der Waals surface area contributed by atoms with Gasteiger partial charge in [0.05, 0.1) is 6.04 Å². The van der Waals surface area contributed by atoms with E-state index in [1.54, 1.807) is 12.4 Å². The molecule has 0 bridgehead atoms. The van der Waals surface area contributed by atoms with Crippen LogP contribution in [0.1, 0.15) is 5.56 Å². The number of hydrogen-bond acceptors (Lipinski definition) is 3. The lowest BCUT2D eigenvalue weighted by Gasteiger charge is -2.05. The topological polar surface area (TPSA) is 51.2 Å². The lowest BCUT2D eigenvalue weighted by Crippen LogP contribution is -2.28. The zero-order valence-electron chi connectivity index (χ0n) is 7.06.